The third-order valence-electron chi connectivity index (χ3n) is 4.21. The van der Waals surface area contributed by atoms with Crippen LogP contribution < -0.4 is 9.47 Å². The number of Topliss-reactive ketones (excluding diaryl/α,β-unsaturated/α-hetero) is 1. The van der Waals surface area contributed by atoms with Crippen LogP contribution in [0.4, 0.5) is 0 Å². The van der Waals surface area contributed by atoms with Crippen molar-refractivity contribution in [3.63, 3.8) is 0 Å². The number of ketones is 1. The molecular formula is C21H21NO5. The van der Waals surface area contributed by atoms with Gasteiger partial charge < -0.3 is 19.2 Å². The highest BCUT2D eigenvalue weighted by Crippen LogP contribution is 2.28. The Morgan fingerprint density at radius 2 is 1.89 bits per heavy atom. The van der Waals surface area contributed by atoms with Crippen LogP contribution in [0.2, 0.25) is 0 Å². The van der Waals surface area contributed by atoms with E-state index in [2.05, 4.69) is 4.98 Å². The van der Waals surface area contributed by atoms with E-state index in [1.165, 1.54) is 7.11 Å². The Labute approximate surface area is 157 Å². The molecule has 0 saturated heterocycles. The van der Waals surface area contributed by atoms with Crippen LogP contribution in [0, 0.1) is 0 Å². The summed E-state index contributed by atoms with van der Waals surface area (Å²) in [5.41, 5.74) is 1.64. The van der Waals surface area contributed by atoms with Gasteiger partial charge in [0.2, 0.25) is 5.78 Å². The summed E-state index contributed by atoms with van der Waals surface area (Å²) in [6, 6.07) is 12.2. The van der Waals surface area contributed by atoms with Crippen LogP contribution >= 0.6 is 0 Å². The van der Waals surface area contributed by atoms with Crippen LogP contribution in [0.25, 0.3) is 10.9 Å². The fourth-order valence-electron chi connectivity index (χ4n) is 2.85. The third-order valence-corrected chi connectivity index (χ3v) is 4.21. The molecule has 0 aliphatic heterocycles. The van der Waals surface area contributed by atoms with Crippen LogP contribution in [0.5, 0.6) is 11.5 Å². The lowest BCUT2D eigenvalue weighted by atomic mass is 10.1. The number of aromatic nitrogens is 1. The highest BCUT2D eigenvalue weighted by molar-refractivity contribution is 6.10. The molecule has 1 aromatic heterocycles. The van der Waals surface area contributed by atoms with Crippen molar-refractivity contribution in [3.05, 3.63) is 59.8 Å². The Morgan fingerprint density at radius 3 is 2.63 bits per heavy atom. The van der Waals surface area contributed by atoms with Crippen molar-refractivity contribution in [2.75, 3.05) is 13.7 Å². The van der Waals surface area contributed by atoms with Crippen molar-refractivity contribution in [1.29, 1.82) is 0 Å². The quantitative estimate of drug-likeness (QED) is 0.504. The lowest BCUT2D eigenvalue weighted by Gasteiger charge is -2.14. The largest absolute Gasteiger partial charge is 0.493 e. The fraction of sp³-hybridized carbons (Fsp3) is 0.238. The summed E-state index contributed by atoms with van der Waals surface area (Å²) in [5.74, 6) is 0.111. The molecule has 0 aliphatic carbocycles. The molecular weight excluding hydrogens is 346 g/mol. The number of nitrogens with one attached hydrogen (secondary N) is 1. The van der Waals surface area contributed by atoms with Gasteiger partial charge in [-0.2, -0.15) is 0 Å². The SMILES string of the molecule is CCOc1cc(C(=O)O[C@@H](C)C(=O)c2c[nH]c3ccccc23)ccc1OC. The van der Waals surface area contributed by atoms with Crippen molar-refractivity contribution in [2.45, 2.75) is 20.0 Å². The van der Waals surface area contributed by atoms with Gasteiger partial charge in [-0.05, 0) is 38.1 Å². The van der Waals surface area contributed by atoms with Crippen LogP contribution in [0.15, 0.2) is 48.7 Å². The molecule has 0 saturated carbocycles. The van der Waals surface area contributed by atoms with E-state index in [4.69, 9.17) is 14.2 Å². The summed E-state index contributed by atoms with van der Waals surface area (Å²) < 4.78 is 16.1. The van der Waals surface area contributed by atoms with Gasteiger partial charge >= 0.3 is 5.97 Å². The van der Waals surface area contributed by atoms with Crippen LogP contribution in [0.3, 0.4) is 0 Å². The Kier molecular flexibility index (Phi) is 5.45. The molecule has 3 aromatic rings. The summed E-state index contributed by atoms with van der Waals surface area (Å²) in [6.07, 6.45) is 0.715. The van der Waals surface area contributed by atoms with E-state index in [0.717, 1.165) is 10.9 Å². The van der Waals surface area contributed by atoms with Gasteiger partial charge in [0.25, 0.3) is 0 Å². The number of carbonyl (C=O) groups is 2. The van der Waals surface area contributed by atoms with Crippen LogP contribution in [0.1, 0.15) is 34.6 Å². The number of aromatic amines is 1. The molecule has 0 spiro atoms. The number of esters is 1. The lowest BCUT2D eigenvalue weighted by Crippen LogP contribution is -2.24. The Bertz CT molecular complexity index is 976. The summed E-state index contributed by atoms with van der Waals surface area (Å²) in [4.78, 5) is 28.2. The molecule has 6 nitrogen and oxygen atoms in total. The van der Waals surface area contributed by atoms with Gasteiger partial charge in [0.05, 0.1) is 19.3 Å². The van der Waals surface area contributed by atoms with E-state index in [-0.39, 0.29) is 11.3 Å². The van der Waals surface area contributed by atoms with E-state index < -0.39 is 12.1 Å². The Morgan fingerprint density at radius 1 is 1.11 bits per heavy atom. The number of hydrogen-bond donors (Lipinski definition) is 1. The van der Waals surface area contributed by atoms with Crippen molar-refractivity contribution in [2.24, 2.45) is 0 Å². The number of carbonyl (C=O) groups excluding carboxylic acids is 2. The second-order valence-corrected chi connectivity index (χ2v) is 5.96. The van der Waals surface area contributed by atoms with Gasteiger partial charge in [0.15, 0.2) is 17.6 Å². The molecule has 0 radical (unpaired) electrons. The highest BCUT2D eigenvalue weighted by Gasteiger charge is 2.23. The van der Waals surface area contributed by atoms with Gasteiger partial charge in [0.1, 0.15) is 0 Å². The van der Waals surface area contributed by atoms with Crippen molar-refractivity contribution in [3.8, 4) is 11.5 Å². The van der Waals surface area contributed by atoms with Gasteiger partial charge in [-0.3, -0.25) is 4.79 Å². The maximum absolute atomic E-state index is 12.7. The molecule has 0 fully saturated rings. The summed E-state index contributed by atoms with van der Waals surface area (Å²) >= 11 is 0. The first kappa shape index (κ1) is 18.5. The zero-order valence-electron chi connectivity index (χ0n) is 15.4. The minimum Gasteiger partial charge on any atom is -0.493 e. The highest BCUT2D eigenvalue weighted by atomic mass is 16.5. The Balaban J connectivity index is 1.77. The number of para-hydroxylation sites is 1. The number of H-pyrrole nitrogens is 1. The van der Waals surface area contributed by atoms with Crippen LogP contribution in [-0.4, -0.2) is 36.6 Å². The summed E-state index contributed by atoms with van der Waals surface area (Å²) in [7, 11) is 1.53. The molecule has 1 atom stereocenters. The number of rotatable bonds is 7. The fourth-order valence-corrected chi connectivity index (χ4v) is 2.85. The van der Waals surface area contributed by atoms with Gasteiger partial charge in [0, 0.05) is 22.7 Å². The molecule has 0 unspecified atom stereocenters. The minimum atomic E-state index is -0.922. The first-order valence-corrected chi connectivity index (χ1v) is 8.67. The van der Waals surface area contributed by atoms with Gasteiger partial charge in [-0.25, -0.2) is 4.79 Å². The van der Waals surface area contributed by atoms with Crippen molar-refractivity contribution >= 4 is 22.7 Å². The average molecular weight is 367 g/mol. The molecule has 1 N–H and O–H groups in total. The normalized spacial score (nSPS) is 11.8. The Hall–Kier alpha value is -3.28. The molecule has 0 aliphatic rings. The monoisotopic (exact) mass is 367 g/mol. The van der Waals surface area contributed by atoms with E-state index >= 15 is 0 Å². The predicted octanol–water partition coefficient (Wildman–Crippen LogP) is 4.00. The lowest BCUT2D eigenvalue weighted by molar-refractivity contribution is 0.0319. The molecule has 2 aromatic carbocycles. The average Bonchev–Trinajstić information content (AvgIpc) is 3.11. The smallest absolute Gasteiger partial charge is 0.338 e. The number of benzene rings is 2. The second kappa shape index (κ2) is 7.95. The van der Waals surface area contributed by atoms with E-state index in [1.54, 1.807) is 31.3 Å². The maximum Gasteiger partial charge on any atom is 0.338 e. The second-order valence-electron chi connectivity index (χ2n) is 5.96. The molecule has 3 rings (SSSR count). The summed E-state index contributed by atoms with van der Waals surface area (Å²) in [5, 5.41) is 0.800. The van der Waals surface area contributed by atoms with Crippen molar-refractivity contribution in [1.82, 2.24) is 4.98 Å². The zero-order chi connectivity index (χ0) is 19.4. The number of ether oxygens (including phenoxy) is 3. The van der Waals surface area contributed by atoms with Crippen molar-refractivity contribution < 1.29 is 23.8 Å². The number of methoxy groups -OCH3 is 1. The predicted molar refractivity (Wildman–Crippen MR) is 102 cm³/mol. The molecule has 0 amide bonds. The molecule has 6 heteroatoms. The topological polar surface area (TPSA) is 77.6 Å². The number of fused-ring (bicyclic) bond motifs is 1. The maximum atomic E-state index is 12.7. The van der Waals surface area contributed by atoms with E-state index in [1.807, 2.05) is 31.2 Å². The third kappa shape index (κ3) is 3.79. The van der Waals surface area contributed by atoms with E-state index in [9.17, 15) is 9.59 Å². The first-order chi connectivity index (χ1) is 13.0. The molecule has 0 bridgehead atoms. The number of hydrogen-bond acceptors (Lipinski definition) is 5. The van der Waals surface area contributed by atoms with Gasteiger partial charge in [-0.15, -0.1) is 0 Å². The molecule has 1 heterocycles. The molecule has 27 heavy (non-hydrogen) atoms. The van der Waals surface area contributed by atoms with Gasteiger partial charge in [-0.1, -0.05) is 18.2 Å². The van der Waals surface area contributed by atoms with Crippen LogP contribution in [-0.2, 0) is 4.74 Å². The zero-order valence-corrected chi connectivity index (χ0v) is 15.4. The van der Waals surface area contributed by atoms with E-state index in [0.29, 0.717) is 23.7 Å². The molecule has 140 valence electrons. The standard InChI is InChI=1S/C21H21NO5/c1-4-26-19-11-14(9-10-18(19)25-3)21(24)27-13(2)20(23)16-12-22-17-8-6-5-7-15(16)17/h5-13,22H,4H2,1-3H3/t13-/m0/s1. The first-order valence-electron chi connectivity index (χ1n) is 8.67. The summed E-state index contributed by atoms with van der Waals surface area (Å²) in [6.45, 7) is 3.84. The minimum absolute atomic E-state index is 0.264.